The van der Waals surface area contributed by atoms with Crippen LogP contribution < -0.4 is 4.74 Å². The Bertz CT molecular complexity index is 1460. The van der Waals surface area contributed by atoms with Crippen LogP contribution in [0.1, 0.15) is 54.8 Å². The van der Waals surface area contributed by atoms with E-state index in [9.17, 15) is 9.65 Å². The van der Waals surface area contributed by atoms with E-state index < -0.39 is 0 Å². The quantitative estimate of drug-likeness (QED) is 0.340. The molecule has 0 aliphatic carbocycles. The van der Waals surface area contributed by atoms with Crippen LogP contribution in [-0.4, -0.2) is 9.55 Å². The highest BCUT2D eigenvalue weighted by atomic mass is 19.1. The first-order chi connectivity index (χ1) is 16.0. The number of rotatable bonds is 3. The van der Waals surface area contributed by atoms with Crippen LogP contribution in [0, 0.1) is 17.1 Å². The van der Waals surface area contributed by atoms with Crippen LogP contribution in [0.4, 0.5) is 4.39 Å². The highest BCUT2D eigenvalue weighted by molar-refractivity contribution is 5.88. The molecule has 4 nitrogen and oxygen atoms in total. The Morgan fingerprint density at radius 3 is 2.70 bits per heavy atom. The van der Waals surface area contributed by atoms with Gasteiger partial charge in [-0.3, -0.25) is 0 Å². The molecule has 1 aliphatic heterocycles. The maximum atomic E-state index is 13.9. The van der Waals surface area contributed by atoms with Gasteiger partial charge in [0.05, 0.1) is 17.1 Å². The van der Waals surface area contributed by atoms with Crippen molar-refractivity contribution in [3.63, 3.8) is 0 Å². The molecule has 1 aromatic heterocycles. The van der Waals surface area contributed by atoms with Gasteiger partial charge in [0.2, 0.25) is 0 Å². The van der Waals surface area contributed by atoms with E-state index in [1.54, 1.807) is 13.0 Å². The number of imidazole rings is 1. The van der Waals surface area contributed by atoms with Gasteiger partial charge in [-0.05, 0) is 53.9 Å². The summed E-state index contributed by atoms with van der Waals surface area (Å²) in [6.45, 7) is 7.09. The second-order valence-electron chi connectivity index (χ2n) is 8.73. The van der Waals surface area contributed by atoms with E-state index in [0.29, 0.717) is 30.4 Å². The fraction of sp³-hybridized carbons (Fsp3) is 0.214. The van der Waals surface area contributed by atoms with Gasteiger partial charge in [0.25, 0.3) is 0 Å². The lowest BCUT2D eigenvalue weighted by Crippen LogP contribution is -2.08. The lowest BCUT2D eigenvalue weighted by Gasteiger charge is -2.15. The highest BCUT2D eigenvalue weighted by Crippen LogP contribution is 2.39. The van der Waals surface area contributed by atoms with Crippen LogP contribution in [0.5, 0.6) is 5.75 Å². The van der Waals surface area contributed by atoms with Crippen LogP contribution in [0.25, 0.3) is 16.6 Å². The number of halogens is 1. The van der Waals surface area contributed by atoms with Crippen LogP contribution in [0.2, 0.25) is 0 Å². The Labute approximate surface area is 192 Å². The third-order valence-electron chi connectivity index (χ3n) is 6.12. The van der Waals surface area contributed by atoms with Crippen molar-refractivity contribution >= 4 is 16.6 Å². The van der Waals surface area contributed by atoms with E-state index in [1.165, 1.54) is 12.1 Å². The molecule has 0 saturated heterocycles. The van der Waals surface area contributed by atoms with Gasteiger partial charge in [0, 0.05) is 35.2 Å². The molecule has 0 amide bonds. The summed E-state index contributed by atoms with van der Waals surface area (Å²) in [6, 6.07) is 21.2. The summed E-state index contributed by atoms with van der Waals surface area (Å²) in [5, 5.41) is 9.66. The third kappa shape index (κ3) is 3.68. The Morgan fingerprint density at radius 1 is 1.12 bits per heavy atom. The van der Waals surface area contributed by atoms with Crippen LogP contribution in [0.15, 0.2) is 66.2 Å². The minimum absolute atomic E-state index is 0.291. The highest BCUT2D eigenvalue weighted by Gasteiger charge is 2.23. The zero-order chi connectivity index (χ0) is 23.1. The number of hydrogen-bond acceptors (Lipinski definition) is 3. The molecular formula is C28H24FN3O. The molecule has 0 bridgehead atoms. The standard InChI is InChI=1S/C28H24FN3O/c1-17(2)28-31-24-6-4-5-7-25(24)32(28)15-19-8-10-22-20(12-19)16-33-26-13-21(29)9-11-23(26)27(22)18(3)14-30/h4-13,17H,15-16H2,1-3H3. The average Bonchev–Trinajstić information content (AvgIpc) is 3.10. The molecule has 0 unspecified atom stereocenters. The van der Waals surface area contributed by atoms with E-state index in [0.717, 1.165) is 44.7 Å². The molecule has 0 radical (unpaired) electrons. The minimum atomic E-state index is -0.359. The Hall–Kier alpha value is -3.91. The van der Waals surface area contributed by atoms with Crippen molar-refractivity contribution in [3.05, 3.63) is 100 Å². The molecule has 0 atom stereocenters. The summed E-state index contributed by atoms with van der Waals surface area (Å²) in [5.74, 6) is 1.44. The summed E-state index contributed by atoms with van der Waals surface area (Å²) in [4.78, 5) is 4.85. The van der Waals surface area contributed by atoms with Crippen molar-refractivity contribution < 1.29 is 9.13 Å². The average molecular weight is 438 g/mol. The van der Waals surface area contributed by atoms with Crippen molar-refractivity contribution in [2.45, 2.75) is 39.8 Å². The van der Waals surface area contributed by atoms with Crippen LogP contribution in [0.3, 0.4) is 0 Å². The van der Waals surface area contributed by atoms with E-state index in [2.05, 4.69) is 48.7 Å². The number of fused-ring (bicyclic) bond motifs is 3. The lowest BCUT2D eigenvalue weighted by atomic mass is 9.90. The summed E-state index contributed by atoms with van der Waals surface area (Å²) in [5.41, 5.74) is 7.25. The summed E-state index contributed by atoms with van der Waals surface area (Å²) < 4.78 is 22.2. The monoisotopic (exact) mass is 437 g/mol. The number of ether oxygens (including phenoxy) is 1. The predicted molar refractivity (Wildman–Crippen MR) is 127 cm³/mol. The number of para-hydroxylation sites is 2. The Morgan fingerprint density at radius 2 is 1.91 bits per heavy atom. The molecule has 5 heteroatoms. The largest absolute Gasteiger partial charge is 0.488 e. The smallest absolute Gasteiger partial charge is 0.130 e. The second-order valence-corrected chi connectivity index (χ2v) is 8.73. The van der Waals surface area contributed by atoms with Gasteiger partial charge in [0.15, 0.2) is 0 Å². The van der Waals surface area contributed by atoms with Gasteiger partial charge in [-0.2, -0.15) is 5.26 Å². The Balaban J connectivity index is 1.61. The fourth-order valence-electron chi connectivity index (χ4n) is 4.57. The molecule has 3 aromatic carbocycles. The molecule has 5 rings (SSSR count). The van der Waals surface area contributed by atoms with Crippen LogP contribution in [-0.2, 0) is 13.2 Å². The zero-order valence-corrected chi connectivity index (χ0v) is 18.9. The van der Waals surface area contributed by atoms with Gasteiger partial charge >= 0.3 is 0 Å². The van der Waals surface area contributed by atoms with Gasteiger partial charge in [-0.15, -0.1) is 0 Å². The lowest BCUT2D eigenvalue weighted by molar-refractivity contribution is 0.305. The van der Waals surface area contributed by atoms with Gasteiger partial charge < -0.3 is 9.30 Å². The molecule has 2 heterocycles. The maximum absolute atomic E-state index is 13.9. The van der Waals surface area contributed by atoms with E-state index in [1.807, 2.05) is 18.2 Å². The first-order valence-corrected chi connectivity index (χ1v) is 11.1. The summed E-state index contributed by atoms with van der Waals surface area (Å²) in [7, 11) is 0. The van der Waals surface area contributed by atoms with Crippen molar-refractivity contribution in [3.8, 4) is 11.8 Å². The van der Waals surface area contributed by atoms with Gasteiger partial charge in [-0.25, -0.2) is 9.37 Å². The molecule has 0 spiro atoms. The minimum Gasteiger partial charge on any atom is -0.488 e. The van der Waals surface area contributed by atoms with Crippen molar-refractivity contribution in [2.75, 3.05) is 0 Å². The third-order valence-corrected chi connectivity index (χ3v) is 6.12. The predicted octanol–water partition coefficient (Wildman–Crippen LogP) is 6.58. The number of allylic oxidation sites excluding steroid dienone is 1. The SMILES string of the molecule is CC(C#N)=C1c2ccc(Cn3c(C(C)C)nc4ccccc43)cc2COc2cc(F)ccc21. The van der Waals surface area contributed by atoms with Gasteiger partial charge in [0.1, 0.15) is 24.0 Å². The number of nitrogens with zero attached hydrogens (tertiary/aromatic N) is 3. The number of hydrogen-bond donors (Lipinski definition) is 0. The maximum Gasteiger partial charge on any atom is 0.130 e. The summed E-state index contributed by atoms with van der Waals surface area (Å²) in [6.07, 6.45) is 0. The van der Waals surface area contributed by atoms with E-state index in [-0.39, 0.29) is 5.82 Å². The molecule has 33 heavy (non-hydrogen) atoms. The Kier molecular flexibility index (Phi) is 5.22. The number of benzene rings is 3. The molecule has 0 saturated carbocycles. The fourth-order valence-corrected chi connectivity index (χ4v) is 4.57. The van der Waals surface area contributed by atoms with Crippen molar-refractivity contribution in [2.24, 2.45) is 0 Å². The van der Waals surface area contributed by atoms with E-state index >= 15 is 0 Å². The first kappa shape index (κ1) is 21.0. The second kappa shape index (κ2) is 8.22. The normalized spacial score (nSPS) is 14.3. The first-order valence-electron chi connectivity index (χ1n) is 11.1. The van der Waals surface area contributed by atoms with Crippen molar-refractivity contribution in [1.82, 2.24) is 9.55 Å². The van der Waals surface area contributed by atoms with Crippen molar-refractivity contribution in [1.29, 1.82) is 5.26 Å². The zero-order valence-electron chi connectivity index (χ0n) is 18.9. The molecule has 0 fully saturated rings. The van der Waals surface area contributed by atoms with Crippen LogP contribution >= 0.6 is 0 Å². The molecule has 1 aliphatic rings. The molecule has 164 valence electrons. The number of nitriles is 1. The summed E-state index contributed by atoms with van der Waals surface area (Å²) >= 11 is 0. The topological polar surface area (TPSA) is 50.8 Å². The number of aromatic nitrogens is 2. The van der Waals surface area contributed by atoms with E-state index in [4.69, 9.17) is 9.72 Å². The van der Waals surface area contributed by atoms with Gasteiger partial charge in [-0.1, -0.05) is 38.1 Å². The molecular weight excluding hydrogens is 413 g/mol. The molecule has 0 N–H and O–H groups in total. The molecule has 4 aromatic rings.